The number of hydrogen-bond donors (Lipinski definition) is 2. The van der Waals surface area contributed by atoms with Crippen LogP contribution in [0.5, 0.6) is 0 Å². The van der Waals surface area contributed by atoms with E-state index in [9.17, 15) is 0 Å². The molecular formula is C12H27N3O. The number of hydrogen-bond acceptors (Lipinski definition) is 2. The molecule has 16 heavy (non-hydrogen) atoms. The van der Waals surface area contributed by atoms with E-state index >= 15 is 0 Å². The van der Waals surface area contributed by atoms with E-state index in [1.165, 1.54) is 25.7 Å². The average molecular weight is 229 g/mol. The van der Waals surface area contributed by atoms with Gasteiger partial charge in [-0.05, 0) is 13.3 Å². The molecule has 0 radical (unpaired) electrons. The normalized spacial score (nSPS) is 11.6. The minimum absolute atomic E-state index is 0.709. The molecular weight excluding hydrogens is 202 g/mol. The summed E-state index contributed by atoms with van der Waals surface area (Å²) in [6.07, 6.45) is 5.03. The second kappa shape index (κ2) is 12.3. The standard InChI is InChI=1S/C12H27N3O/c1-4-6-7-8-9-14-12(13-5-2)15-10-11-16-3/h4-11H2,1-3H3,(H2,13,14,15). The summed E-state index contributed by atoms with van der Waals surface area (Å²) in [5.74, 6) is 0.899. The molecule has 0 aliphatic carbocycles. The van der Waals surface area contributed by atoms with Crippen molar-refractivity contribution in [3.63, 3.8) is 0 Å². The fourth-order valence-electron chi connectivity index (χ4n) is 1.34. The number of nitrogens with zero attached hydrogens (tertiary/aromatic N) is 1. The Morgan fingerprint density at radius 3 is 2.56 bits per heavy atom. The van der Waals surface area contributed by atoms with Crippen LogP contribution in [0.4, 0.5) is 0 Å². The van der Waals surface area contributed by atoms with Crippen LogP contribution in [0.15, 0.2) is 4.99 Å². The quantitative estimate of drug-likeness (QED) is 0.360. The SMILES string of the molecule is CCCCCCN=C(NCC)NCCOC. The summed E-state index contributed by atoms with van der Waals surface area (Å²) in [6, 6.07) is 0. The second-order valence-corrected chi connectivity index (χ2v) is 3.74. The molecule has 0 rings (SSSR count). The number of aliphatic imine (C=N–C) groups is 1. The third kappa shape index (κ3) is 9.77. The molecule has 0 unspecified atom stereocenters. The molecule has 0 aliphatic rings. The number of nitrogens with one attached hydrogen (secondary N) is 2. The molecule has 0 heterocycles. The Hall–Kier alpha value is -0.770. The summed E-state index contributed by atoms with van der Waals surface area (Å²) in [5, 5.41) is 6.44. The van der Waals surface area contributed by atoms with Crippen molar-refractivity contribution in [3.8, 4) is 0 Å². The van der Waals surface area contributed by atoms with Gasteiger partial charge in [-0.25, -0.2) is 0 Å². The molecule has 0 saturated heterocycles. The minimum atomic E-state index is 0.709. The van der Waals surface area contributed by atoms with Gasteiger partial charge in [0.05, 0.1) is 6.61 Å². The lowest BCUT2D eigenvalue weighted by Gasteiger charge is -2.10. The summed E-state index contributed by atoms with van der Waals surface area (Å²) in [5.41, 5.74) is 0. The first-order valence-corrected chi connectivity index (χ1v) is 6.36. The smallest absolute Gasteiger partial charge is 0.191 e. The first kappa shape index (κ1) is 15.2. The van der Waals surface area contributed by atoms with Gasteiger partial charge in [-0.15, -0.1) is 0 Å². The van der Waals surface area contributed by atoms with Crippen LogP contribution >= 0.6 is 0 Å². The van der Waals surface area contributed by atoms with E-state index in [2.05, 4.69) is 29.5 Å². The summed E-state index contributed by atoms with van der Waals surface area (Å²) < 4.78 is 4.98. The summed E-state index contributed by atoms with van der Waals surface area (Å²) in [6.45, 7) is 7.61. The second-order valence-electron chi connectivity index (χ2n) is 3.74. The Bertz CT molecular complexity index is 172. The lowest BCUT2D eigenvalue weighted by molar-refractivity contribution is 0.203. The number of methoxy groups -OCH3 is 1. The highest BCUT2D eigenvalue weighted by atomic mass is 16.5. The molecule has 4 heteroatoms. The molecule has 0 aromatic carbocycles. The first-order chi connectivity index (χ1) is 7.85. The van der Waals surface area contributed by atoms with E-state index in [1.54, 1.807) is 7.11 Å². The highest BCUT2D eigenvalue weighted by molar-refractivity contribution is 5.79. The molecule has 0 aliphatic heterocycles. The van der Waals surface area contributed by atoms with Gasteiger partial charge in [-0.1, -0.05) is 26.2 Å². The van der Waals surface area contributed by atoms with Crippen molar-refractivity contribution < 1.29 is 4.74 Å². The largest absolute Gasteiger partial charge is 0.383 e. The molecule has 0 bridgehead atoms. The van der Waals surface area contributed by atoms with Crippen LogP contribution in [0.2, 0.25) is 0 Å². The Morgan fingerprint density at radius 1 is 1.12 bits per heavy atom. The highest BCUT2D eigenvalue weighted by Crippen LogP contribution is 1.98. The van der Waals surface area contributed by atoms with E-state index < -0.39 is 0 Å². The molecule has 4 nitrogen and oxygen atoms in total. The fourth-order valence-corrected chi connectivity index (χ4v) is 1.34. The first-order valence-electron chi connectivity index (χ1n) is 6.36. The van der Waals surface area contributed by atoms with Crippen LogP contribution in [0.1, 0.15) is 39.5 Å². The zero-order valence-corrected chi connectivity index (χ0v) is 11.0. The Morgan fingerprint density at radius 2 is 1.94 bits per heavy atom. The molecule has 0 saturated carbocycles. The zero-order chi connectivity index (χ0) is 12.1. The fraction of sp³-hybridized carbons (Fsp3) is 0.917. The van der Waals surface area contributed by atoms with Crippen molar-refractivity contribution in [1.82, 2.24) is 10.6 Å². The molecule has 0 atom stereocenters. The van der Waals surface area contributed by atoms with Gasteiger partial charge in [-0.2, -0.15) is 0 Å². The average Bonchev–Trinajstić information content (AvgIpc) is 2.29. The molecule has 0 amide bonds. The maximum absolute atomic E-state index is 4.98. The van der Waals surface area contributed by atoms with Crippen LogP contribution < -0.4 is 10.6 Å². The molecule has 0 aromatic rings. The van der Waals surface area contributed by atoms with E-state index in [-0.39, 0.29) is 0 Å². The molecule has 96 valence electrons. The molecule has 0 fully saturated rings. The molecule has 0 aromatic heterocycles. The molecule has 0 spiro atoms. The topological polar surface area (TPSA) is 45.7 Å². The van der Waals surface area contributed by atoms with Gasteiger partial charge in [0.2, 0.25) is 0 Å². The number of ether oxygens (including phenoxy) is 1. The Kier molecular flexibility index (Phi) is 11.7. The molecule has 2 N–H and O–H groups in total. The van der Waals surface area contributed by atoms with Gasteiger partial charge in [0.25, 0.3) is 0 Å². The van der Waals surface area contributed by atoms with Gasteiger partial charge < -0.3 is 15.4 Å². The maximum Gasteiger partial charge on any atom is 0.191 e. The summed E-state index contributed by atoms with van der Waals surface area (Å²) in [4.78, 5) is 4.50. The minimum Gasteiger partial charge on any atom is -0.383 e. The van der Waals surface area contributed by atoms with Crippen molar-refractivity contribution >= 4 is 5.96 Å². The van der Waals surface area contributed by atoms with Gasteiger partial charge in [-0.3, -0.25) is 4.99 Å². The highest BCUT2D eigenvalue weighted by Gasteiger charge is 1.95. The maximum atomic E-state index is 4.98. The van der Waals surface area contributed by atoms with Crippen molar-refractivity contribution in [1.29, 1.82) is 0 Å². The summed E-state index contributed by atoms with van der Waals surface area (Å²) in [7, 11) is 1.70. The van der Waals surface area contributed by atoms with E-state index in [0.29, 0.717) is 6.61 Å². The van der Waals surface area contributed by atoms with Crippen LogP contribution in [0, 0.1) is 0 Å². The third-order valence-electron chi connectivity index (χ3n) is 2.22. The zero-order valence-electron chi connectivity index (χ0n) is 11.0. The lowest BCUT2D eigenvalue weighted by atomic mass is 10.2. The van der Waals surface area contributed by atoms with Crippen molar-refractivity contribution in [2.45, 2.75) is 39.5 Å². The van der Waals surface area contributed by atoms with Crippen LogP contribution in [-0.4, -0.2) is 39.3 Å². The van der Waals surface area contributed by atoms with Crippen molar-refractivity contribution in [2.24, 2.45) is 4.99 Å². The Balaban J connectivity index is 3.66. The van der Waals surface area contributed by atoms with Gasteiger partial charge >= 0.3 is 0 Å². The number of guanidine groups is 1. The monoisotopic (exact) mass is 229 g/mol. The predicted molar refractivity (Wildman–Crippen MR) is 70.0 cm³/mol. The Labute approximate surface area is 99.9 Å². The van der Waals surface area contributed by atoms with Crippen LogP contribution in [-0.2, 0) is 4.74 Å². The van der Waals surface area contributed by atoms with Gasteiger partial charge in [0, 0.05) is 26.7 Å². The number of rotatable bonds is 9. The van der Waals surface area contributed by atoms with E-state index in [0.717, 1.165) is 25.6 Å². The predicted octanol–water partition coefficient (Wildman–Crippen LogP) is 1.77. The lowest BCUT2D eigenvalue weighted by Crippen LogP contribution is -2.39. The van der Waals surface area contributed by atoms with Crippen LogP contribution in [0.3, 0.4) is 0 Å². The van der Waals surface area contributed by atoms with Crippen molar-refractivity contribution in [2.75, 3.05) is 33.4 Å². The van der Waals surface area contributed by atoms with Gasteiger partial charge in [0.15, 0.2) is 5.96 Å². The summed E-state index contributed by atoms with van der Waals surface area (Å²) >= 11 is 0. The van der Waals surface area contributed by atoms with E-state index in [1.807, 2.05) is 0 Å². The third-order valence-corrected chi connectivity index (χ3v) is 2.22. The van der Waals surface area contributed by atoms with Crippen LogP contribution in [0.25, 0.3) is 0 Å². The van der Waals surface area contributed by atoms with Crippen molar-refractivity contribution in [3.05, 3.63) is 0 Å². The van der Waals surface area contributed by atoms with Gasteiger partial charge in [0.1, 0.15) is 0 Å². The van der Waals surface area contributed by atoms with E-state index in [4.69, 9.17) is 4.74 Å². The number of unbranched alkanes of at least 4 members (excludes halogenated alkanes) is 3.